The molecule has 0 atom stereocenters. The minimum absolute atomic E-state index is 0.497. The fourth-order valence-corrected chi connectivity index (χ4v) is 3.61. The van der Waals surface area contributed by atoms with E-state index >= 15 is 0 Å². The molecule has 1 aliphatic heterocycles. The summed E-state index contributed by atoms with van der Waals surface area (Å²) >= 11 is 5.36. The van der Waals surface area contributed by atoms with Crippen molar-refractivity contribution in [3.63, 3.8) is 0 Å². The van der Waals surface area contributed by atoms with Crippen molar-refractivity contribution in [1.82, 2.24) is 10.7 Å². The third-order valence-corrected chi connectivity index (χ3v) is 5.14. The first-order chi connectivity index (χ1) is 12.2. The average molecular weight is 361 g/mol. The van der Waals surface area contributed by atoms with E-state index in [1.165, 1.54) is 37.8 Å². The van der Waals surface area contributed by atoms with Gasteiger partial charge in [-0.1, -0.05) is 31.4 Å². The van der Waals surface area contributed by atoms with Crippen LogP contribution in [0, 0.1) is 0 Å². The van der Waals surface area contributed by atoms with Gasteiger partial charge in [0.2, 0.25) is 0 Å². The lowest BCUT2D eigenvalue weighted by Gasteiger charge is -2.28. The molecule has 1 saturated heterocycles. The van der Waals surface area contributed by atoms with Crippen LogP contribution in [0.1, 0.15) is 44.6 Å². The number of hydrogen-bond acceptors (Lipinski definition) is 4. The maximum atomic E-state index is 5.40. The van der Waals surface area contributed by atoms with E-state index in [0.29, 0.717) is 11.2 Å². The van der Waals surface area contributed by atoms with Gasteiger partial charge in [-0.15, -0.1) is 0 Å². The van der Waals surface area contributed by atoms with Gasteiger partial charge >= 0.3 is 0 Å². The van der Waals surface area contributed by atoms with Crippen molar-refractivity contribution >= 4 is 28.7 Å². The van der Waals surface area contributed by atoms with Crippen molar-refractivity contribution < 1.29 is 4.74 Å². The normalized spacial score (nSPS) is 19.6. The Morgan fingerprint density at radius 3 is 2.48 bits per heavy atom. The Bertz CT molecular complexity index is 590. The molecule has 2 fully saturated rings. The first-order valence-corrected chi connectivity index (χ1v) is 9.67. The smallest absolute Gasteiger partial charge is 0.187 e. The van der Waals surface area contributed by atoms with Gasteiger partial charge in [-0.2, -0.15) is 5.10 Å². The first kappa shape index (κ1) is 18.1. The summed E-state index contributed by atoms with van der Waals surface area (Å²) in [5.41, 5.74) is 6.26. The highest BCUT2D eigenvalue weighted by molar-refractivity contribution is 7.80. The Morgan fingerprint density at radius 2 is 1.80 bits per heavy atom. The molecule has 2 aliphatic rings. The van der Waals surface area contributed by atoms with Crippen LogP contribution < -0.4 is 15.6 Å². The Hall–Kier alpha value is -1.66. The third kappa shape index (κ3) is 5.41. The van der Waals surface area contributed by atoms with Crippen LogP contribution in [0.25, 0.3) is 0 Å². The number of thiocarbonyl (C=S) groups is 1. The molecular formula is C19H28N4OS. The predicted octanol–water partition coefficient (Wildman–Crippen LogP) is 3.04. The quantitative estimate of drug-likeness (QED) is 0.491. The van der Waals surface area contributed by atoms with Crippen molar-refractivity contribution in [3.05, 3.63) is 29.8 Å². The molecule has 2 N–H and O–H groups in total. The molecular weight excluding hydrogens is 332 g/mol. The van der Waals surface area contributed by atoms with E-state index in [-0.39, 0.29) is 0 Å². The molecule has 3 rings (SSSR count). The Morgan fingerprint density at radius 1 is 1.12 bits per heavy atom. The van der Waals surface area contributed by atoms with E-state index in [4.69, 9.17) is 17.0 Å². The summed E-state index contributed by atoms with van der Waals surface area (Å²) < 4.78 is 5.40. The van der Waals surface area contributed by atoms with Crippen LogP contribution in [0.2, 0.25) is 0 Å². The number of anilines is 1. The molecule has 25 heavy (non-hydrogen) atoms. The summed E-state index contributed by atoms with van der Waals surface area (Å²) in [5.74, 6) is 0. The minimum Gasteiger partial charge on any atom is -0.378 e. The number of nitrogens with one attached hydrogen (secondary N) is 2. The summed E-state index contributed by atoms with van der Waals surface area (Å²) in [6, 6.07) is 9.03. The maximum absolute atomic E-state index is 5.40. The van der Waals surface area contributed by atoms with Gasteiger partial charge in [-0.3, -0.25) is 5.43 Å². The summed E-state index contributed by atoms with van der Waals surface area (Å²) in [7, 11) is 0. The molecule has 1 aromatic carbocycles. The van der Waals surface area contributed by atoms with Crippen molar-refractivity contribution in [2.45, 2.75) is 45.1 Å². The number of ether oxygens (including phenoxy) is 1. The third-order valence-electron chi connectivity index (χ3n) is 4.93. The lowest BCUT2D eigenvalue weighted by Crippen LogP contribution is -2.41. The largest absolute Gasteiger partial charge is 0.378 e. The number of morpholine rings is 1. The van der Waals surface area contributed by atoms with Crippen molar-refractivity contribution in [2.24, 2.45) is 5.10 Å². The second-order valence-corrected chi connectivity index (χ2v) is 7.17. The fourth-order valence-electron chi connectivity index (χ4n) is 3.40. The van der Waals surface area contributed by atoms with Gasteiger partial charge in [0.1, 0.15) is 0 Å². The topological polar surface area (TPSA) is 48.9 Å². The molecule has 6 heteroatoms. The minimum atomic E-state index is 0.497. The Labute approximate surface area is 155 Å². The SMILES string of the molecule is C/C(=N/NC(=S)NC1CCCCC1)c1ccc(N2CCOCC2)cc1. The number of rotatable bonds is 4. The molecule has 5 nitrogen and oxygen atoms in total. The molecule has 1 aliphatic carbocycles. The van der Waals surface area contributed by atoms with Crippen LogP contribution in [0.15, 0.2) is 29.4 Å². The lowest BCUT2D eigenvalue weighted by atomic mass is 9.96. The van der Waals surface area contributed by atoms with Crippen LogP contribution in [0.5, 0.6) is 0 Å². The zero-order chi connectivity index (χ0) is 17.5. The van der Waals surface area contributed by atoms with Gasteiger partial charge in [-0.25, -0.2) is 0 Å². The van der Waals surface area contributed by atoms with Crippen molar-refractivity contribution in [2.75, 3.05) is 31.2 Å². The van der Waals surface area contributed by atoms with E-state index in [0.717, 1.165) is 37.6 Å². The van der Waals surface area contributed by atoms with Crippen LogP contribution in [-0.4, -0.2) is 43.2 Å². The monoisotopic (exact) mass is 360 g/mol. The fraction of sp³-hybridized carbons (Fsp3) is 0.579. The predicted molar refractivity (Wildman–Crippen MR) is 107 cm³/mol. The molecule has 136 valence electrons. The Kier molecular flexibility index (Phi) is 6.64. The van der Waals surface area contributed by atoms with E-state index < -0.39 is 0 Å². The van der Waals surface area contributed by atoms with E-state index in [2.05, 4.69) is 45.0 Å². The van der Waals surface area contributed by atoms with Crippen molar-refractivity contribution in [1.29, 1.82) is 0 Å². The standard InChI is InChI=1S/C19H28N4OS/c1-15(21-22-19(25)20-17-5-3-2-4-6-17)16-7-9-18(10-8-16)23-11-13-24-14-12-23/h7-10,17H,2-6,11-14H2,1H3,(H2,20,22,25)/b21-15-. The van der Waals surface area contributed by atoms with Crippen LogP contribution in [0.3, 0.4) is 0 Å². The number of hydrazone groups is 1. The summed E-state index contributed by atoms with van der Waals surface area (Å²) in [6.45, 7) is 5.51. The highest BCUT2D eigenvalue weighted by atomic mass is 32.1. The van der Waals surface area contributed by atoms with Gasteiger partial charge < -0.3 is 15.0 Å². The molecule has 0 radical (unpaired) electrons. The van der Waals surface area contributed by atoms with Crippen molar-refractivity contribution in [3.8, 4) is 0 Å². The second-order valence-electron chi connectivity index (χ2n) is 6.76. The van der Waals surface area contributed by atoms with Crippen LogP contribution >= 0.6 is 12.2 Å². The number of hydrogen-bond donors (Lipinski definition) is 2. The zero-order valence-corrected chi connectivity index (χ0v) is 15.8. The molecule has 0 aromatic heterocycles. The van der Waals surface area contributed by atoms with Gasteiger partial charge in [-0.05, 0) is 49.7 Å². The van der Waals surface area contributed by atoms with Gasteiger partial charge in [0.25, 0.3) is 0 Å². The zero-order valence-electron chi connectivity index (χ0n) is 15.0. The molecule has 1 heterocycles. The molecule has 0 spiro atoms. The second kappa shape index (κ2) is 9.15. The summed E-state index contributed by atoms with van der Waals surface area (Å²) in [5, 5.41) is 8.43. The average Bonchev–Trinajstić information content (AvgIpc) is 2.68. The molecule has 0 unspecified atom stereocenters. The van der Waals surface area contributed by atoms with E-state index in [1.54, 1.807) is 0 Å². The maximum Gasteiger partial charge on any atom is 0.187 e. The van der Waals surface area contributed by atoms with Gasteiger partial charge in [0.15, 0.2) is 5.11 Å². The summed E-state index contributed by atoms with van der Waals surface area (Å²) in [6.07, 6.45) is 6.33. The van der Waals surface area contributed by atoms with Gasteiger partial charge in [0.05, 0.1) is 18.9 Å². The van der Waals surface area contributed by atoms with Crippen LogP contribution in [-0.2, 0) is 4.74 Å². The number of nitrogens with zero attached hydrogens (tertiary/aromatic N) is 2. The van der Waals surface area contributed by atoms with E-state index in [9.17, 15) is 0 Å². The first-order valence-electron chi connectivity index (χ1n) is 9.26. The summed E-state index contributed by atoms with van der Waals surface area (Å²) in [4.78, 5) is 2.35. The molecule has 0 bridgehead atoms. The highest BCUT2D eigenvalue weighted by Gasteiger charge is 2.14. The van der Waals surface area contributed by atoms with E-state index in [1.807, 2.05) is 6.92 Å². The lowest BCUT2D eigenvalue weighted by molar-refractivity contribution is 0.122. The Balaban J connectivity index is 1.51. The molecule has 1 saturated carbocycles. The number of benzene rings is 1. The molecule has 0 amide bonds. The molecule has 1 aromatic rings. The van der Waals surface area contributed by atoms with Crippen LogP contribution in [0.4, 0.5) is 5.69 Å². The van der Waals surface area contributed by atoms with Gasteiger partial charge in [0, 0.05) is 24.8 Å². The highest BCUT2D eigenvalue weighted by Crippen LogP contribution is 2.18.